The number of nitrogens with zero attached hydrogens (tertiary/aromatic N) is 8. The fraction of sp³-hybridized carbons (Fsp3) is 0.500. The van der Waals surface area contributed by atoms with E-state index in [0.29, 0.717) is 40.5 Å². The number of aliphatic hydroxyl groups excluding tert-OH is 1. The number of aliphatic hydroxyl groups is 1. The molecule has 3 fully saturated rings. The zero-order valence-electron chi connectivity index (χ0n) is 24.1. The van der Waals surface area contributed by atoms with Crippen LogP contribution < -0.4 is 19.8 Å². The molecule has 0 bridgehead atoms. The van der Waals surface area contributed by atoms with E-state index in [2.05, 4.69) is 25.2 Å². The first kappa shape index (κ1) is 29.2. The second kappa shape index (κ2) is 10.7. The molecule has 6 rings (SSSR count). The van der Waals surface area contributed by atoms with Crippen LogP contribution in [0.15, 0.2) is 36.7 Å². The van der Waals surface area contributed by atoms with Gasteiger partial charge in [-0.05, 0) is 48.8 Å². The van der Waals surface area contributed by atoms with Crippen LogP contribution in [0.4, 0.5) is 26.2 Å². The molecule has 230 valence electrons. The van der Waals surface area contributed by atoms with Gasteiger partial charge in [-0.2, -0.15) is 4.98 Å². The van der Waals surface area contributed by atoms with Crippen molar-refractivity contribution in [2.24, 2.45) is 10.6 Å². The molecule has 3 aromatic rings. The maximum absolute atomic E-state index is 13.8. The van der Waals surface area contributed by atoms with Crippen LogP contribution in [0.3, 0.4) is 0 Å². The number of anilines is 3. The number of halogens is 2. The van der Waals surface area contributed by atoms with Crippen LogP contribution in [0.5, 0.6) is 0 Å². The van der Waals surface area contributed by atoms with Crippen molar-refractivity contribution in [3.05, 3.63) is 42.3 Å². The standard InChI is InChI=1S/C28H35F2N9O3S/c1-36(2)25-16-20(32-26(33-25)38-13-9-28(29,30)10-14-38)21-17-39(35-34-21)22-4-3-19(24(18-40)43(31,41)42)15-23(22)37-11-7-27(5-6-27)8-12-37/h3-4,15-18,40H,5-14H2,1-2H3,(H2,31,41,42). The van der Waals surface area contributed by atoms with E-state index < -0.39 is 15.9 Å². The fourth-order valence-electron chi connectivity index (χ4n) is 5.79. The molecule has 15 heteroatoms. The van der Waals surface area contributed by atoms with Gasteiger partial charge in [-0.25, -0.2) is 32.0 Å². The highest BCUT2D eigenvalue weighted by molar-refractivity contribution is 7.98. The summed E-state index contributed by atoms with van der Waals surface area (Å²) in [5.74, 6) is -1.74. The van der Waals surface area contributed by atoms with Gasteiger partial charge in [0.15, 0.2) is 0 Å². The lowest BCUT2D eigenvalue weighted by atomic mass is 9.93. The molecule has 2 saturated heterocycles. The van der Waals surface area contributed by atoms with Gasteiger partial charge >= 0.3 is 0 Å². The summed E-state index contributed by atoms with van der Waals surface area (Å²) in [7, 11) is -0.492. The predicted octanol–water partition coefficient (Wildman–Crippen LogP) is 3.55. The predicted molar refractivity (Wildman–Crippen MR) is 160 cm³/mol. The summed E-state index contributed by atoms with van der Waals surface area (Å²) in [6.45, 7) is 1.88. The second-order valence-electron chi connectivity index (χ2n) is 11.9. The number of piperidine rings is 2. The molecule has 1 spiro atoms. The third kappa shape index (κ3) is 6.00. The first-order valence-corrected chi connectivity index (χ1v) is 15.8. The van der Waals surface area contributed by atoms with E-state index in [-0.39, 0.29) is 36.4 Å². The smallest absolute Gasteiger partial charge is 0.251 e. The van der Waals surface area contributed by atoms with Crippen LogP contribution >= 0.6 is 0 Å². The Labute approximate surface area is 248 Å². The summed E-state index contributed by atoms with van der Waals surface area (Å²) in [6.07, 6.45) is 6.26. The minimum atomic E-state index is -4.17. The maximum Gasteiger partial charge on any atom is 0.251 e. The van der Waals surface area contributed by atoms with Gasteiger partial charge in [0.05, 0.1) is 29.5 Å². The van der Waals surface area contributed by atoms with E-state index in [9.17, 15) is 22.3 Å². The summed E-state index contributed by atoms with van der Waals surface area (Å²) in [5.41, 5.74) is 3.04. The molecule has 1 saturated carbocycles. The average Bonchev–Trinajstić information content (AvgIpc) is 3.52. The molecular weight excluding hydrogens is 580 g/mol. The molecule has 3 aliphatic rings. The number of benzene rings is 1. The Morgan fingerprint density at radius 2 is 1.63 bits per heavy atom. The molecule has 0 amide bonds. The second-order valence-corrected chi connectivity index (χ2v) is 13.5. The summed E-state index contributed by atoms with van der Waals surface area (Å²) >= 11 is 0. The fourth-order valence-corrected chi connectivity index (χ4v) is 6.39. The van der Waals surface area contributed by atoms with E-state index >= 15 is 0 Å². The summed E-state index contributed by atoms with van der Waals surface area (Å²) in [4.78, 5) is 14.7. The van der Waals surface area contributed by atoms with Crippen LogP contribution in [0.2, 0.25) is 0 Å². The van der Waals surface area contributed by atoms with Crippen molar-refractivity contribution in [2.45, 2.75) is 44.4 Å². The van der Waals surface area contributed by atoms with Gasteiger partial charge in [0.2, 0.25) is 16.0 Å². The monoisotopic (exact) mass is 615 g/mol. The molecule has 12 nitrogen and oxygen atoms in total. The van der Waals surface area contributed by atoms with Crippen molar-refractivity contribution in [3.63, 3.8) is 0 Å². The maximum atomic E-state index is 13.8. The van der Waals surface area contributed by atoms with E-state index in [1.807, 2.05) is 19.0 Å². The lowest BCUT2D eigenvalue weighted by Gasteiger charge is -2.35. The number of hydrogen-bond donors (Lipinski definition) is 2. The molecule has 1 aliphatic carbocycles. The van der Waals surface area contributed by atoms with Gasteiger partial charge in [0, 0.05) is 59.2 Å². The van der Waals surface area contributed by atoms with Crippen molar-refractivity contribution in [2.75, 3.05) is 55.0 Å². The Balaban J connectivity index is 1.37. The molecule has 0 unspecified atom stereocenters. The molecule has 3 N–H and O–H groups in total. The highest BCUT2D eigenvalue weighted by Crippen LogP contribution is 2.54. The zero-order valence-corrected chi connectivity index (χ0v) is 24.9. The highest BCUT2D eigenvalue weighted by atomic mass is 32.2. The van der Waals surface area contributed by atoms with Gasteiger partial charge in [0.25, 0.3) is 5.92 Å². The largest absolute Gasteiger partial charge is 0.514 e. The molecule has 43 heavy (non-hydrogen) atoms. The van der Waals surface area contributed by atoms with Crippen LogP contribution in [0.25, 0.3) is 22.0 Å². The minimum absolute atomic E-state index is 0.144. The van der Waals surface area contributed by atoms with Crippen molar-refractivity contribution < 1.29 is 22.3 Å². The van der Waals surface area contributed by atoms with Crippen LogP contribution in [0.1, 0.15) is 44.1 Å². The van der Waals surface area contributed by atoms with Gasteiger partial charge in [-0.3, -0.25) is 0 Å². The summed E-state index contributed by atoms with van der Waals surface area (Å²) < 4.78 is 53.6. The molecule has 1 aromatic carbocycles. The van der Waals surface area contributed by atoms with Gasteiger partial charge in [0.1, 0.15) is 16.4 Å². The van der Waals surface area contributed by atoms with Crippen molar-refractivity contribution in [1.29, 1.82) is 0 Å². The Morgan fingerprint density at radius 3 is 2.23 bits per heavy atom. The SMILES string of the molecule is CN(C)c1cc(-c2cn(-c3ccc(C(=CO)S(N)(=O)=O)cc3N3CCC4(CC3)CC4)nn2)nc(N2CCC(F)(F)CC2)n1. The average molecular weight is 616 g/mol. The van der Waals surface area contributed by atoms with Crippen LogP contribution in [-0.2, 0) is 10.0 Å². The van der Waals surface area contributed by atoms with Gasteiger partial charge in [-0.15, -0.1) is 5.10 Å². The third-order valence-corrected chi connectivity index (χ3v) is 9.70. The lowest BCUT2D eigenvalue weighted by molar-refractivity contribution is -0.0222. The molecular formula is C28H35F2N9O3S. The lowest BCUT2D eigenvalue weighted by Crippen LogP contribution is -2.40. The quantitative estimate of drug-likeness (QED) is 0.378. The van der Waals surface area contributed by atoms with E-state index in [1.165, 1.54) is 12.8 Å². The van der Waals surface area contributed by atoms with Crippen molar-refractivity contribution in [3.8, 4) is 17.1 Å². The summed E-state index contributed by atoms with van der Waals surface area (Å²) in [6, 6.07) is 6.76. The Bertz CT molecular complexity index is 1650. The number of aromatic nitrogens is 5. The van der Waals surface area contributed by atoms with Crippen LogP contribution in [-0.4, -0.2) is 84.7 Å². The third-order valence-electron chi connectivity index (χ3n) is 8.75. The minimum Gasteiger partial charge on any atom is -0.514 e. The number of nitrogens with two attached hydrogens (primary N) is 1. The Kier molecular flexibility index (Phi) is 7.27. The van der Waals surface area contributed by atoms with Crippen LogP contribution in [0, 0.1) is 5.41 Å². The first-order chi connectivity index (χ1) is 20.4. The topological polar surface area (TPSA) is 147 Å². The number of alkyl halides is 2. The molecule has 0 atom stereocenters. The van der Waals surface area contributed by atoms with Gasteiger partial charge < -0.3 is 19.8 Å². The molecule has 2 aromatic heterocycles. The number of rotatable bonds is 7. The number of hydrogen-bond acceptors (Lipinski definition) is 10. The number of sulfonamides is 1. The highest BCUT2D eigenvalue weighted by Gasteiger charge is 2.44. The normalized spacial score (nSPS) is 20.0. The van der Waals surface area contributed by atoms with E-state index in [0.717, 1.165) is 31.6 Å². The Hall–Kier alpha value is -3.85. The van der Waals surface area contributed by atoms with Gasteiger partial charge in [-0.1, -0.05) is 11.3 Å². The summed E-state index contributed by atoms with van der Waals surface area (Å²) in [5, 5.41) is 23.8. The zero-order chi connectivity index (χ0) is 30.6. The van der Waals surface area contributed by atoms with Crippen molar-refractivity contribution >= 4 is 32.4 Å². The van der Waals surface area contributed by atoms with E-state index in [4.69, 9.17) is 5.14 Å². The number of primary sulfonamides is 1. The molecule has 4 heterocycles. The molecule has 0 radical (unpaired) electrons. The first-order valence-electron chi connectivity index (χ1n) is 14.3. The van der Waals surface area contributed by atoms with Crippen molar-refractivity contribution in [1.82, 2.24) is 25.0 Å². The molecule has 2 aliphatic heterocycles. The Morgan fingerprint density at radius 1 is 0.953 bits per heavy atom. The van der Waals surface area contributed by atoms with E-state index in [1.54, 1.807) is 40.0 Å².